The molecule has 1 aliphatic heterocycles. The first-order valence-corrected chi connectivity index (χ1v) is 9.00. The van der Waals surface area contributed by atoms with Gasteiger partial charge in [0.1, 0.15) is 0 Å². The second kappa shape index (κ2) is 7.04. The summed E-state index contributed by atoms with van der Waals surface area (Å²) in [6, 6.07) is 8.38. The molecule has 23 heavy (non-hydrogen) atoms. The minimum absolute atomic E-state index is 0.228. The van der Waals surface area contributed by atoms with Crippen LogP contribution in [0.15, 0.2) is 24.3 Å². The molecule has 1 aromatic carbocycles. The van der Waals surface area contributed by atoms with E-state index in [9.17, 15) is 4.79 Å². The maximum atomic E-state index is 12.7. The quantitative estimate of drug-likeness (QED) is 0.847. The summed E-state index contributed by atoms with van der Waals surface area (Å²) in [5.74, 6) is 0.314. The molecule has 0 bridgehead atoms. The van der Waals surface area contributed by atoms with Crippen molar-refractivity contribution < 1.29 is 9.53 Å². The van der Waals surface area contributed by atoms with Gasteiger partial charge in [-0.3, -0.25) is 4.79 Å². The van der Waals surface area contributed by atoms with E-state index in [0.29, 0.717) is 18.4 Å². The van der Waals surface area contributed by atoms with Crippen LogP contribution in [0.1, 0.15) is 49.7 Å². The van der Waals surface area contributed by atoms with Crippen LogP contribution in [0.5, 0.6) is 0 Å². The lowest BCUT2D eigenvalue weighted by Gasteiger charge is -2.43. The summed E-state index contributed by atoms with van der Waals surface area (Å²) in [6.45, 7) is 3.94. The Hall–Kier alpha value is -1.35. The standard InChI is InChI=1S/C20H29NO2/c1-16-7-3-4-8-17(16)10-11-19(22)21-14-6-13-20(15-21)12-5-9-18(20)23-2/h3-4,7-8,18H,5-6,9-15H2,1-2H3/t18-,20+/m1/s1. The number of rotatable bonds is 4. The molecule has 126 valence electrons. The highest BCUT2D eigenvalue weighted by Crippen LogP contribution is 2.46. The number of carbonyl (C=O) groups is 1. The number of benzene rings is 1. The fraction of sp³-hybridized carbons (Fsp3) is 0.650. The third-order valence-corrected chi connectivity index (χ3v) is 5.94. The van der Waals surface area contributed by atoms with Crippen LogP contribution in [-0.4, -0.2) is 37.1 Å². The van der Waals surface area contributed by atoms with Crippen molar-refractivity contribution in [3.63, 3.8) is 0 Å². The molecular weight excluding hydrogens is 286 g/mol. The van der Waals surface area contributed by atoms with Crippen LogP contribution in [0.25, 0.3) is 0 Å². The molecule has 1 amide bonds. The van der Waals surface area contributed by atoms with E-state index < -0.39 is 0 Å². The monoisotopic (exact) mass is 315 g/mol. The van der Waals surface area contributed by atoms with Gasteiger partial charge in [0, 0.05) is 32.0 Å². The number of amides is 1. The molecule has 0 radical (unpaired) electrons. The molecule has 3 heteroatoms. The predicted molar refractivity (Wildman–Crippen MR) is 92.4 cm³/mol. The average Bonchev–Trinajstić information content (AvgIpc) is 2.95. The number of hydrogen-bond acceptors (Lipinski definition) is 2. The van der Waals surface area contributed by atoms with Crippen molar-refractivity contribution in [2.45, 2.75) is 58.0 Å². The smallest absolute Gasteiger partial charge is 0.222 e. The third kappa shape index (κ3) is 3.45. The Morgan fingerprint density at radius 3 is 2.87 bits per heavy atom. The molecule has 1 spiro atoms. The number of piperidine rings is 1. The van der Waals surface area contributed by atoms with Gasteiger partial charge in [-0.05, 0) is 50.2 Å². The lowest BCUT2D eigenvalue weighted by atomic mass is 9.76. The van der Waals surface area contributed by atoms with Gasteiger partial charge >= 0.3 is 0 Å². The second-order valence-corrected chi connectivity index (χ2v) is 7.32. The lowest BCUT2D eigenvalue weighted by Crippen LogP contribution is -2.49. The molecule has 1 saturated heterocycles. The summed E-state index contributed by atoms with van der Waals surface area (Å²) in [5, 5.41) is 0. The maximum absolute atomic E-state index is 12.7. The zero-order valence-corrected chi connectivity index (χ0v) is 14.5. The van der Waals surface area contributed by atoms with Crippen LogP contribution in [0.2, 0.25) is 0 Å². The summed E-state index contributed by atoms with van der Waals surface area (Å²) < 4.78 is 5.74. The molecule has 2 fully saturated rings. The van der Waals surface area contributed by atoms with Gasteiger partial charge in [0.05, 0.1) is 6.10 Å². The zero-order chi connectivity index (χ0) is 16.3. The van der Waals surface area contributed by atoms with Crippen molar-refractivity contribution in [2.24, 2.45) is 5.41 Å². The van der Waals surface area contributed by atoms with E-state index in [1.807, 2.05) is 7.11 Å². The van der Waals surface area contributed by atoms with Crippen LogP contribution in [-0.2, 0) is 16.0 Å². The molecule has 3 rings (SSSR count). The molecule has 0 aromatic heterocycles. The number of ether oxygens (including phenoxy) is 1. The highest BCUT2D eigenvalue weighted by molar-refractivity contribution is 5.76. The molecular formula is C20H29NO2. The zero-order valence-electron chi connectivity index (χ0n) is 14.5. The molecule has 2 aliphatic rings. The number of methoxy groups -OCH3 is 1. The number of hydrogen-bond donors (Lipinski definition) is 0. The fourth-order valence-electron chi connectivity index (χ4n) is 4.60. The minimum atomic E-state index is 0.228. The van der Waals surface area contributed by atoms with Gasteiger partial charge in [-0.2, -0.15) is 0 Å². The van der Waals surface area contributed by atoms with Crippen LogP contribution in [0.4, 0.5) is 0 Å². The average molecular weight is 315 g/mol. The topological polar surface area (TPSA) is 29.5 Å². The number of aryl methyl sites for hydroxylation is 2. The summed E-state index contributed by atoms with van der Waals surface area (Å²) in [6.07, 6.45) is 7.76. The van der Waals surface area contributed by atoms with E-state index in [-0.39, 0.29) is 5.41 Å². The van der Waals surface area contributed by atoms with E-state index in [1.165, 1.54) is 30.4 Å². The second-order valence-electron chi connectivity index (χ2n) is 7.32. The molecule has 2 atom stereocenters. The summed E-state index contributed by atoms with van der Waals surface area (Å²) in [7, 11) is 1.83. The van der Waals surface area contributed by atoms with Gasteiger partial charge in [0.15, 0.2) is 0 Å². The van der Waals surface area contributed by atoms with E-state index >= 15 is 0 Å². The van der Waals surface area contributed by atoms with Crippen LogP contribution < -0.4 is 0 Å². The summed E-state index contributed by atoms with van der Waals surface area (Å²) in [5.41, 5.74) is 2.81. The molecule has 0 N–H and O–H groups in total. The number of carbonyl (C=O) groups excluding carboxylic acids is 1. The Kier molecular flexibility index (Phi) is 5.05. The van der Waals surface area contributed by atoms with Gasteiger partial charge < -0.3 is 9.64 Å². The molecule has 1 saturated carbocycles. The van der Waals surface area contributed by atoms with E-state index in [1.54, 1.807) is 0 Å². The minimum Gasteiger partial charge on any atom is -0.381 e. The van der Waals surface area contributed by atoms with Crippen molar-refractivity contribution in [1.82, 2.24) is 4.90 Å². The van der Waals surface area contributed by atoms with Crippen LogP contribution in [0, 0.1) is 12.3 Å². The van der Waals surface area contributed by atoms with E-state index in [2.05, 4.69) is 36.1 Å². The van der Waals surface area contributed by atoms with Gasteiger partial charge in [-0.25, -0.2) is 0 Å². The number of nitrogens with zero attached hydrogens (tertiary/aromatic N) is 1. The maximum Gasteiger partial charge on any atom is 0.222 e. The van der Waals surface area contributed by atoms with Gasteiger partial charge in [-0.15, -0.1) is 0 Å². The van der Waals surface area contributed by atoms with Crippen LogP contribution in [0.3, 0.4) is 0 Å². The first-order valence-electron chi connectivity index (χ1n) is 9.00. The predicted octanol–water partition coefficient (Wildman–Crippen LogP) is 3.74. The van der Waals surface area contributed by atoms with E-state index in [0.717, 1.165) is 32.4 Å². The molecule has 3 nitrogen and oxygen atoms in total. The molecule has 1 aromatic rings. The van der Waals surface area contributed by atoms with E-state index in [4.69, 9.17) is 4.74 Å². The summed E-state index contributed by atoms with van der Waals surface area (Å²) >= 11 is 0. The summed E-state index contributed by atoms with van der Waals surface area (Å²) in [4.78, 5) is 14.8. The van der Waals surface area contributed by atoms with Crippen molar-refractivity contribution in [3.8, 4) is 0 Å². The van der Waals surface area contributed by atoms with Gasteiger partial charge in [0.25, 0.3) is 0 Å². The third-order valence-electron chi connectivity index (χ3n) is 5.94. The van der Waals surface area contributed by atoms with Crippen molar-refractivity contribution >= 4 is 5.91 Å². The number of likely N-dealkylation sites (tertiary alicyclic amines) is 1. The van der Waals surface area contributed by atoms with Gasteiger partial charge in [-0.1, -0.05) is 30.7 Å². The highest BCUT2D eigenvalue weighted by atomic mass is 16.5. The van der Waals surface area contributed by atoms with Crippen molar-refractivity contribution in [1.29, 1.82) is 0 Å². The Bertz CT molecular complexity index is 556. The molecule has 1 heterocycles. The first-order chi connectivity index (χ1) is 11.1. The Labute approximate surface area is 140 Å². The normalized spacial score (nSPS) is 27.6. The Balaban J connectivity index is 1.60. The Morgan fingerprint density at radius 2 is 2.09 bits per heavy atom. The van der Waals surface area contributed by atoms with Gasteiger partial charge in [0.2, 0.25) is 5.91 Å². The van der Waals surface area contributed by atoms with Crippen LogP contribution >= 0.6 is 0 Å². The fourth-order valence-corrected chi connectivity index (χ4v) is 4.60. The Morgan fingerprint density at radius 1 is 1.30 bits per heavy atom. The molecule has 0 unspecified atom stereocenters. The largest absolute Gasteiger partial charge is 0.381 e. The SMILES string of the molecule is CO[C@@H]1CCC[C@@]12CCCN(C(=O)CCc1ccccc1C)C2. The lowest BCUT2D eigenvalue weighted by molar-refractivity contribution is -0.137. The molecule has 1 aliphatic carbocycles. The van der Waals surface area contributed by atoms with Crippen molar-refractivity contribution in [2.75, 3.05) is 20.2 Å². The first kappa shape index (κ1) is 16.5. The van der Waals surface area contributed by atoms with Crippen molar-refractivity contribution in [3.05, 3.63) is 35.4 Å². The highest BCUT2D eigenvalue weighted by Gasteiger charge is 2.46.